The van der Waals surface area contributed by atoms with Gasteiger partial charge in [0.05, 0.1) is 0 Å². The number of rotatable bonds is 3. The molecule has 0 aliphatic carbocycles. The van der Waals surface area contributed by atoms with Crippen molar-refractivity contribution < 1.29 is 9.59 Å². The Hall–Kier alpha value is -2.40. The third-order valence-electron chi connectivity index (χ3n) is 4.47. The number of nitrogens with zero attached hydrogens (tertiary/aromatic N) is 2. The van der Waals surface area contributed by atoms with E-state index in [0.717, 1.165) is 11.3 Å². The van der Waals surface area contributed by atoms with E-state index in [-0.39, 0.29) is 11.9 Å². The summed E-state index contributed by atoms with van der Waals surface area (Å²) in [5.74, 6) is -0.137. The van der Waals surface area contributed by atoms with Crippen molar-refractivity contribution in [2.75, 3.05) is 4.90 Å². The lowest BCUT2D eigenvalue weighted by Gasteiger charge is -2.32. The summed E-state index contributed by atoms with van der Waals surface area (Å²) >= 11 is 0. The summed E-state index contributed by atoms with van der Waals surface area (Å²) in [6.45, 7) is 7.89. The van der Waals surface area contributed by atoms with Gasteiger partial charge in [-0.15, -0.1) is 0 Å². The third-order valence-corrected chi connectivity index (χ3v) is 6.21. The van der Waals surface area contributed by atoms with Crippen LogP contribution in [0.3, 0.4) is 0 Å². The van der Waals surface area contributed by atoms with E-state index in [4.69, 9.17) is 0 Å². The smallest absolute Gasteiger partial charge is 0.292 e. The summed E-state index contributed by atoms with van der Waals surface area (Å²) in [7, 11) is -2.15. The average molecular weight is 338 g/mol. The van der Waals surface area contributed by atoms with E-state index in [0.29, 0.717) is 0 Å². The van der Waals surface area contributed by atoms with Crippen LogP contribution in [0.1, 0.15) is 12.5 Å². The molecule has 3 amide bonds. The Morgan fingerprint density at radius 3 is 1.83 bits per heavy atom. The van der Waals surface area contributed by atoms with Crippen LogP contribution in [-0.4, -0.2) is 24.7 Å². The molecule has 2 aromatic rings. The molecule has 1 aliphatic heterocycles. The number of amides is 3. The molecule has 5 heteroatoms. The largest absolute Gasteiger partial charge is 0.324 e. The second kappa shape index (κ2) is 5.60. The van der Waals surface area contributed by atoms with Crippen molar-refractivity contribution in [1.29, 1.82) is 0 Å². The highest BCUT2D eigenvalue weighted by atomic mass is 28.3. The lowest BCUT2D eigenvalue weighted by molar-refractivity contribution is -0.127. The Kier molecular flexibility index (Phi) is 3.84. The normalized spacial score (nSPS) is 21.5. The number of imide groups is 1. The van der Waals surface area contributed by atoms with Crippen molar-refractivity contribution in [3.05, 3.63) is 66.2 Å². The topological polar surface area (TPSA) is 40.6 Å². The molecule has 1 fully saturated rings. The number of hydrogen-bond acceptors (Lipinski definition) is 2. The highest BCUT2D eigenvalue weighted by molar-refractivity contribution is 6.78. The summed E-state index contributed by atoms with van der Waals surface area (Å²) in [6.07, 6.45) is 0. The van der Waals surface area contributed by atoms with Crippen molar-refractivity contribution >= 4 is 25.9 Å². The number of benzene rings is 2. The van der Waals surface area contributed by atoms with Crippen molar-refractivity contribution in [3.63, 3.8) is 0 Å². The second-order valence-electron chi connectivity index (χ2n) is 7.20. The lowest BCUT2D eigenvalue weighted by Crippen LogP contribution is -2.51. The number of carbonyl (C=O) groups is 2. The van der Waals surface area contributed by atoms with E-state index in [1.165, 1.54) is 4.57 Å². The number of para-hydroxylation sites is 1. The van der Waals surface area contributed by atoms with Gasteiger partial charge in [0.2, 0.25) is 0 Å². The Balaban J connectivity index is 2.23. The SMILES string of the molecule is CC1(c2ccccc2)C(=O)N([Si](C)(C)C)C(=O)N1c1ccccc1. The molecule has 0 aromatic heterocycles. The zero-order valence-corrected chi connectivity index (χ0v) is 15.5. The maximum atomic E-state index is 13.4. The van der Waals surface area contributed by atoms with Crippen molar-refractivity contribution in [3.8, 4) is 0 Å². The molecule has 1 unspecified atom stereocenters. The van der Waals surface area contributed by atoms with Crippen LogP contribution in [0.15, 0.2) is 60.7 Å². The van der Waals surface area contributed by atoms with Gasteiger partial charge in [0.1, 0.15) is 0 Å². The molecule has 2 aromatic carbocycles. The minimum atomic E-state index is -2.15. The van der Waals surface area contributed by atoms with Crippen LogP contribution in [0.2, 0.25) is 19.6 Å². The Morgan fingerprint density at radius 1 is 0.833 bits per heavy atom. The van der Waals surface area contributed by atoms with Gasteiger partial charge in [0.25, 0.3) is 5.91 Å². The monoisotopic (exact) mass is 338 g/mol. The quantitative estimate of drug-likeness (QED) is 0.621. The summed E-state index contributed by atoms with van der Waals surface area (Å²) < 4.78 is 1.51. The minimum Gasteiger partial charge on any atom is -0.292 e. The van der Waals surface area contributed by atoms with Crippen molar-refractivity contribution in [2.45, 2.75) is 32.1 Å². The third kappa shape index (κ3) is 2.36. The number of urea groups is 1. The summed E-state index contributed by atoms with van der Waals surface area (Å²) in [4.78, 5) is 28.2. The van der Waals surface area contributed by atoms with Gasteiger partial charge in [0.15, 0.2) is 13.8 Å². The number of anilines is 1. The summed E-state index contributed by atoms with van der Waals surface area (Å²) in [5.41, 5.74) is 0.538. The van der Waals surface area contributed by atoms with Crippen LogP contribution in [-0.2, 0) is 10.3 Å². The van der Waals surface area contributed by atoms with Gasteiger partial charge in [-0.2, -0.15) is 0 Å². The van der Waals surface area contributed by atoms with Crippen LogP contribution < -0.4 is 4.90 Å². The lowest BCUT2D eigenvalue weighted by atomic mass is 9.90. The van der Waals surface area contributed by atoms with Crippen LogP contribution in [0, 0.1) is 0 Å². The average Bonchev–Trinajstić information content (AvgIpc) is 2.76. The Labute approximate surface area is 143 Å². The first kappa shape index (κ1) is 16.5. The van der Waals surface area contributed by atoms with Crippen LogP contribution >= 0.6 is 0 Å². The number of carbonyl (C=O) groups excluding carboxylic acids is 2. The fourth-order valence-electron chi connectivity index (χ4n) is 3.24. The molecule has 1 saturated heterocycles. The Bertz CT molecular complexity index is 771. The van der Waals surface area contributed by atoms with E-state index in [1.807, 2.05) is 87.2 Å². The first-order valence-corrected chi connectivity index (χ1v) is 11.5. The van der Waals surface area contributed by atoms with Gasteiger partial charge >= 0.3 is 6.03 Å². The molecule has 1 aliphatic rings. The highest BCUT2D eigenvalue weighted by Gasteiger charge is 2.58. The fourth-order valence-corrected chi connectivity index (χ4v) is 4.74. The molecule has 0 spiro atoms. The second-order valence-corrected chi connectivity index (χ2v) is 12.0. The first-order chi connectivity index (χ1) is 11.3. The maximum Gasteiger partial charge on any atom is 0.324 e. The zero-order chi connectivity index (χ0) is 17.5. The van der Waals surface area contributed by atoms with Gasteiger partial charge in [-0.1, -0.05) is 68.2 Å². The first-order valence-electron chi connectivity index (χ1n) is 8.07. The molecule has 24 heavy (non-hydrogen) atoms. The van der Waals surface area contributed by atoms with Crippen molar-refractivity contribution in [1.82, 2.24) is 4.57 Å². The van der Waals surface area contributed by atoms with Crippen LogP contribution in [0.5, 0.6) is 0 Å². The van der Waals surface area contributed by atoms with E-state index in [1.54, 1.807) is 4.90 Å². The summed E-state index contributed by atoms with van der Waals surface area (Å²) in [5, 5.41) is 0. The fraction of sp³-hybridized carbons (Fsp3) is 0.263. The van der Waals surface area contributed by atoms with Crippen LogP contribution in [0.25, 0.3) is 0 Å². The maximum absolute atomic E-state index is 13.4. The van der Waals surface area contributed by atoms with Gasteiger partial charge in [0, 0.05) is 5.69 Å². The molecule has 1 heterocycles. The van der Waals surface area contributed by atoms with Gasteiger partial charge in [-0.05, 0) is 24.6 Å². The standard InChI is InChI=1S/C19H22N2O2Si/c1-19(15-11-7-5-8-12-15)17(22)21(24(2,3)4)18(23)20(19)16-13-9-6-10-14-16/h5-14H,1-4H3. The number of hydrogen-bond donors (Lipinski definition) is 0. The molecule has 0 radical (unpaired) electrons. The van der Waals surface area contributed by atoms with Crippen LogP contribution in [0.4, 0.5) is 10.5 Å². The molecule has 0 saturated carbocycles. The predicted octanol–water partition coefficient (Wildman–Crippen LogP) is 4.21. The van der Waals surface area contributed by atoms with Gasteiger partial charge in [-0.25, -0.2) is 4.79 Å². The van der Waals surface area contributed by atoms with E-state index < -0.39 is 13.8 Å². The minimum absolute atomic E-state index is 0.137. The van der Waals surface area contributed by atoms with Crippen molar-refractivity contribution in [2.24, 2.45) is 0 Å². The highest BCUT2D eigenvalue weighted by Crippen LogP contribution is 2.42. The van der Waals surface area contributed by atoms with E-state index in [2.05, 4.69) is 0 Å². The molecular formula is C19H22N2O2Si. The molecule has 4 nitrogen and oxygen atoms in total. The molecule has 124 valence electrons. The summed E-state index contributed by atoms with van der Waals surface area (Å²) in [6, 6.07) is 18.7. The molecule has 1 atom stereocenters. The van der Waals surface area contributed by atoms with Gasteiger partial charge in [-0.3, -0.25) is 14.3 Å². The zero-order valence-electron chi connectivity index (χ0n) is 14.5. The molecule has 3 rings (SSSR count). The van der Waals surface area contributed by atoms with E-state index in [9.17, 15) is 9.59 Å². The molecular weight excluding hydrogens is 316 g/mol. The Morgan fingerprint density at radius 2 is 1.33 bits per heavy atom. The predicted molar refractivity (Wildman–Crippen MR) is 98.3 cm³/mol. The van der Waals surface area contributed by atoms with E-state index >= 15 is 0 Å². The molecule has 0 bridgehead atoms. The molecule has 0 N–H and O–H groups in total. The van der Waals surface area contributed by atoms with Gasteiger partial charge < -0.3 is 0 Å².